The lowest BCUT2D eigenvalue weighted by atomic mass is 9.85. The van der Waals surface area contributed by atoms with Gasteiger partial charge in [0.1, 0.15) is 11.3 Å². The molecule has 21 heavy (non-hydrogen) atoms. The molecule has 1 aromatic heterocycles. The van der Waals surface area contributed by atoms with E-state index in [-0.39, 0.29) is 5.97 Å². The Kier molecular flexibility index (Phi) is 2.31. The third-order valence-corrected chi connectivity index (χ3v) is 4.21. The molecule has 0 fully saturated rings. The molecule has 1 aliphatic rings. The molecule has 3 nitrogen and oxygen atoms in total. The molecule has 0 saturated carbocycles. The van der Waals surface area contributed by atoms with Crippen LogP contribution >= 0.6 is 0 Å². The number of furan rings is 1. The highest BCUT2D eigenvalue weighted by atomic mass is 16.6. The molecule has 1 atom stereocenters. The first-order chi connectivity index (χ1) is 10.1. The van der Waals surface area contributed by atoms with Crippen LogP contribution in [0.3, 0.4) is 0 Å². The Balaban J connectivity index is 2.05. The van der Waals surface area contributed by atoms with Crippen LogP contribution < -0.4 is 0 Å². The predicted molar refractivity (Wildman–Crippen MR) is 79.3 cm³/mol. The van der Waals surface area contributed by atoms with Crippen molar-refractivity contribution in [1.82, 2.24) is 0 Å². The van der Waals surface area contributed by atoms with Crippen molar-refractivity contribution < 1.29 is 13.9 Å². The first-order valence-electron chi connectivity index (χ1n) is 6.93. The molecule has 1 aliphatic heterocycles. The van der Waals surface area contributed by atoms with E-state index in [1.807, 2.05) is 56.3 Å². The van der Waals surface area contributed by atoms with Gasteiger partial charge in [0.2, 0.25) is 0 Å². The molecule has 0 bridgehead atoms. The predicted octanol–water partition coefficient (Wildman–Crippen LogP) is 4.18. The fraction of sp³-hybridized carbons (Fsp3) is 0.167. The van der Waals surface area contributed by atoms with Gasteiger partial charge in [-0.1, -0.05) is 36.4 Å². The second kappa shape index (κ2) is 3.98. The van der Waals surface area contributed by atoms with Crippen LogP contribution in [-0.2, 0) is 10.3 Å². The van der Waals surface area contributed by atoms with E-state index in [0.29, 0.717) is 5.56 Å². The van der Waals surface area contributed by atoms with Gasteiger partial charge < -0.3 is 9.15 Å². The number of hydrogen-bond donors (Lipinski definition) is 0. The highest BCUT2D eigenvalue weighted by Gasteiger charge is 2.45. The number of hydrogen-bond acceptors (Lipinski definition) is 3. The van der Waals surface area contributed by atoms with Gasteiger partial charge in [-0.3, -0.25) is 0 Å². The third kappa shape index (κ3) is 1.51. The number of aryl methyl sites for hydroxylation is 1. The minimum absolute atomic E-state index is 0.280. The number of rotatable bonds is 1. The average molecular weight is 278 g/mol. The summed E-state index contributed by atoms with van der Waals surface area (Å²) < 4.78 is 11.6. The van der Waals surface area contributed by atoms with E-state index in [0.717, 1.165) is 27.9 Å². The van der Waals surface area contributed by atoms with Gasteiger partial charge in [0.05, 0.1) is 5.56 Å². The number of esters is 1. The lowest BCUT2D eigenvalue weighted by Crippen LogP contribution is -2.24. The zero-order chi connectivity index (χ0) is 14.6. The van der Waals surface area contributed by atoms with E-state index in [2.05, 4.69) is 0 Å². The number of carbonyl (C=O) groups is 1. The van der Waals surface area contributed by atoms with E-state index >= 15 is 0 Å². The lowest BCUT2D eigenvalue weighted by molar-refractivity contribution is 0.0180. The maximum atomic E-state index is 12.2. The van der Waals surface area contributed by atoms with Crippen molar-refractivity contribution >= 4 is 16.9 Å². The summed E-state index contributed by atoms with van der Waals surface area (Å²) >= 11 is 0. The van der Waals surface area contributed by atoms with Crippen LogP contribution in [-0.4, -0.2) is 5.97 Å². The van der Waals surface area contributed by atoms with E-state index in [1.54, 1.807) is 6.07 Å². The molecular formula is C18H14O3. The molecule has 4 rings (SSSR count). The summed E-state index contributed by atoms with van der Waals surface area (Å²) in [5, 5.41) is 0.988. The summed E-state index contributed by atoms with van der Waals surface area (Å²) in [5.74, 6) is 0.501. The van der Waals surface area contributed by atoms with Crippen LogP contribution in [0.15, 0.2) is 52.9 Å². The minimum Gasteiger partial charge on any atom is -0.461 e. The molecule has 3 aromatic rings. The van der Waals surface area contributed by atoms with Crippen molar-refractivity contribution in [3.8, 4) is 0 Å². The van der Waals surface area contributed by atoms with Crippen molar-refractivity contribution in [3.63, 3.8) is 0 Å². The first-order valence-corrected chi connectivity index (χ1v) is 6.93. The van der Waals surface area contributed by atoms with Crippen LogP contribution in [0.5, 0.6) is 0 Å². The van der Waals surface area contributed by atoms with Gasteiger partial charge in [0.15, 0.2) is 5.60 Å². The Bertz CT molecular complexity index is 875. The molecular weight excluding hydrogens is 264 g/mol. The molecule has 2 aromatic carbocycles. The van der Waals surface area contributed by atoms with Crippen LogP contribution in [0.2, 0.25) is 0 Å². The molecule has 3 heteroatoms. The number of cyclic esters (lactones) is 1. The van der Waals surface area contributed by atoms with Crippen LogP contribution in [0.25, 0.3) is 11.0 Å². The van der Waals surface area contributed by atoms with Crippen molar-refractivity contribution in [3.05, 3.63) is 71.0 Å². The largest absolute Gasteiger partial charge is 0.461 e. The first kappa shape index (κ1) is 12.2. The zero-order valence-corrected chi connectivity index (χ0v) is 11.8. The number of carbonyl (C=O) groups excluding carboxylic acids is 1. The Hall–Kier alpha value is -2.55. The molecule has 104 valence electrons. The second-order valence-electron chi connectivity index (χ2n) is 5.50. The quantitative estimate of drug-likeness (QED) is 0.627. The van der Waals surface area contributed by atoms with Gasteiger partial charge in [-0.05, 0) is 26.0 Å². The summed E-state index contributed by atoms with van der Waals surface area (Å²) in [6.07, 6.45) is 0. The summed E-state index contributed by atoms with van der Waals surface area (Å²) in [4.78, 5) is 12.2. The van der Waals surface area contributed by atoms with Crippen LogP contribution in [0, 0.1) is 6.92 Å². The molecule has 0 saturated heterocycles. The van der Waals surface area contributed by atoms with Crippen molar-refractivity contribution in [2.24, 2.45) is 0 Å². The lowest BCUT2D eigenvalue weighted by Gasteiger charge is -2.24. The molecule has 1 unspecified atom stereocenters. The second-order valence-corrected chi connectivity index (χ2v) is 5.50. The van der Waals surface area contributed by atoms with E-state index in [9.17, 15) is 4.79 Å². The molecule has 0 radical (unpaired) electrons. The minimum atomic E-state index is -0.801. The number of para-hydroxylation sites is 1. The van der Waals surface area contributed by atoms with Crippen molar-refractivity contribution in [2.45, 2.75) is 19.4 Å². The number of benzene rings is 2. The molecule has 0 aliphatic carbocycles. The molecule has 2 heterocycles. The maximum Gasteiger partial charge on any atom is 0.339 e. The Morgan fingerprint density at radius 2 is 1.71 bits per heavy atom. The van der Waals surface area contributed by atoms with Crippen LogP contribution in [0.1, 0.15) is 34.2 Å². The summed E-state index contributed by atoms with van der Waals surface area (Å²) in [7, 11) is 0. The monoisotopic (exact) mass is 278 g/mol. The molecule has 0 amide bonds. The average Bonchev–Trinajstić information content (AvgIpc) is 2.95. The summed E-state index contributed by atoms with van der Waals surface area (Å²) in [5.41, 5.74) is 2.46. The van der Waals surface area contributed by atoms with E-state index < -0.39 is 5.60 Å². The summed E-state index contributed by atoms with van der Waals surface area (Å²) in [6, 6.07) is 15.4. The van der Waals surface area contributed by atoms with Gasteiger partial charge in [-0.15, -0.1) is 0 Å². The fourth-order valence-corrected chi connectivity index (χ4v) is 3.32. The zero-order valence-electron chi connectivity index (χ0n) is 11.8. The Morgan fingerprint density at radius 3 is 2.57 bits per heavy atom. The summed E-state index contributed by atoms with van der Waals surface area (Å²) in [6.45, 7) is 3.84. The van der Waals surface area contributed by atoms with Gasteiger partial charge in [-0.2, -0.15) is 0 Å². The third-order valence-electron chi connectivity index (χ3n) is 4.21. The molecule has 0 N–H and O–H groups in total. The van der Waals surface area contributed by atoms with Crippen LogP contribution in [0.4, 0.5) is 0 Å². The molecule has 0 spiro atoms. The number of ether oxygens (including phenoxy) is 1. The van der Waals surface area contributed by atoms with Gasteiger partial charge in [0, 0.05) is 16.5 Å². The standard InChI is InChI=1S/C18H14O3/c1-11-16(13-8-4-6-10-15(13)20-11)18(2)14-9-5-3-7-12(14)17(19)21-18/h3-10H,1-2H3. The number of fused-ring (bicyclic) bond motifs is 2. The van der Waals surface area contributed by atoms with Gasteiger partial charge in [0.25, 0.3) is 0 Å². The van der Waals surface area contributed by atoms with Gasteiger partial charge in [-0.25, -0.2) is 4.79 Å². The van der Waals surface area contributed by atoms with Gasteiger partial charge >= 0.3 is 5.97 Å². The topological polar surface area (TPSA) is 39.4 Å². The van der Waals surface area contributed by atoms with Crippen molar-refractivity contribution in [1.29, 1.82) is 0 Å². The smallest absolute Gasteiger partial charge is 0.339 e. The van der Waals surface area contributed by atoms with Crippen molar-refractivity contribution in [2.75, 3.05) is 0 Å². The highest BCUT2D eigenvalue weighted by molar-refractivity contribution is 5.97. The Labute approximate surface area is 122 Å². The normalized spacial score (nSPS) is 20.6. The van der Waals surface area contributed by atoms with E-state index in [4.69, 9.17) is 9.15 Å². The fourth-order valence-electron chi connectivity index (χ4n) is 3.32. The maximum absolute atomic E-state index is 12.2. The SMILES string of the molecule is Cc1oc2ccccc2c1C1(C)OC(=O)c2ccccc21. The highest BCUT2D eigenvalue weighted by Crippen LogP contribution is 2.46. The Morgan fingerprint density at radius 1 is 1.00 bits per heavy atom. The van der Waals surface area contributed by atoms with E-state index in [1.165, 1.54) is 0 Å².